The highest BCUT2D eigenvalue weighted by molar-refractivity contribution is 6.28. The molecule has 3 aromatic heterocycles. The van der Waals surface area contributed by atoms with Crippen LogP contribution in [0.4, 0.5) is 41.1 Å². The number of nitrogens with zero attached hydrogens (tertiary/aromatic N) is 6. The third kappa shape index (κ3) is 5.12. The summed E-state index contributed by atoms with van der Waals surface area (Å²) < 4.78 is 113. The van der Waals surface area contributed by atoms with E-state index < -0.39 is 54.3 Å². The van der Waals surface area contributed by atoms with Crippen molar-refractivity contribution < 1.29 is 39.9 Å². The molecule has 0 fully saturated rings. The minimum atomic E-state index is -4.91. The molecular formula is C19H12ClF8N7O. The summed E-state index contributed by atoms with van der Waals surface area (Å²) in [4.78, 5) is 11.6. The van der Waals surface area contributed by atoms with Crippen molar-refractivity contribution in [2.24, 2.45) is 0 Å². The van der Waals surface area contributed by atoms with Crippen LogP contribution in [0.1, 0.15) is 11.3 Å². The maximum atomic E-state index is 15.0. The molecule has 0 aliphatic rings. The first kappa shape index (κ1) is 25.4. The molecule has 4 aromatic rings. The zero-order valence-electron chi connectivity index (χ0n) is 17.7. The van der Waals surface area contributed by atoms with Gasteiger partial charge >= 0.3 is 12.4 Å². The normalized spacial score (nSPS) is 12.4. The Hall–Kier alpha value is -3.69. The number of methoxy groups -OCH3 is 1. The molecule has 0 spiro atoms. The lowest BCUT2D eigenvalue weighted by Crippen LogP contribution is -2.23. The molecule has 0 atom stereocenters. The molecule has 4 rings (SSSR count). The van der Waals surface area contributed by atoms with Gasteiger partial charge in [-0.25, -0.2) is 18.7 Å². The number of halogens is 9. The Balaban J connectivity index is 1.76. The smallest absolute Gasteiger partial charge is 0.435 e. The minimum Gasteiger partial charge on any atom is -0.481 e. The Morgan fingerprint density at radius 2 is 1.69 bits per heavy atom. The average Bonchev–Trinajstić information content (AvgIpc) is 3.33. The number of hydrogen-bond donors (Lipinski definition) is 1. The first-order valence-corrected chi connectivity index (χ1v) is 10.0. The van der Waals surface area contributed by atoms with Crippen LogP contribution in [0.3, 0.4) is 0 Å². The van der Waals surface area contributed by atoms with Gasteiger partial charge < -0.3 is 10.1 Å². The lowest BCUT2D eigenvalue weighted by molar-refractivity contribution is -0.141. The van der Waals surface area contributed by atoms with Crippen molar-refractivity contribution in [1.29, 1.82) is 0 Å². The highest BCUT2D eigenvalue weighted by atomic mass is 35.5. The van der Waals surface area contributed by atoms with Crippen LogP contribution in [0.15, 0.2) is 24.4 Å². The molecule has 17 heteroatoms. The third-order valence-electron chi connectivity index (χ3n) is 4.71. The SMILES string of the molecule is COc1cc(C(F)(F)F)nn1-c1c(F)cc(Cn2c(NCC(F)(F)F)nc3cnc(Cl)nc32)cc1F. The highest BCUT2D eigenvalue weighted by Gasteiger charge is 2.36. The maximum absolute atomic E-state index is 15.0. The molecule has 36 heavy (non-hydrogen) atoms. The maximum Gasteiger partial charge on any atom is 0.435 e. The predicted molar refractivity (Wildman–Crippen MR) is 109 cm³/mol. The van der Waals surface area contributed by atoms with Crippen LogP contribution >= 0.6 is 11.6 Å². The fourth-order valence-electron chi connectivity index (χ4n) is 3.26. The van der Waals surface area contributed by atoms with E-state index in [-0.39, 0.29) is 28.0 Å². The largest absolute Gasteiger partial charge is 0.481 e. The van der Waals surface area contributed by atoms with Crippen LogP contribution in [0, 0.1) is 11.6 Å². The Morgan fingerprint density at radius 3 is 2.28 bits per heavy atom. The van der Waals surface area contributed by atoms with Crippen LogP contribution < -0.4 is 10.1 Å². The van der Waals surface area contributed by atoms with Gasteiger partial charge in [-0.1, -0.05) is 0 Å². The van der Waals surface area contributed by atoms with E-state index in [2.05, 4.69) is 25.4 Å². The van der Waals surface area contributed by atoms with Crippen molar-refractivity contribution in [2.45, 2.75) is 18.9 Å². The average molecular weight is 542 g/mol. The van der Waals surface area contributed by atoms with Crippen LogP contribution in [0.25, 0.3) is 16.9 Å². The molecule has 0 radical (unpaired) electrons. The van der Waals surface area contributed by atoms with Gasteiger partial charge in [-0.2, -0.15) is 41.1 Å². The number of aromatic nitrogens is 6. The van der Waals surface area contributed by atoms with E-state index >= 15 is 0 Å². The molecule has 8 nitrogen and oxygen atoms in total. The van der Waals surface area contributed by atoms with Crippen molar-refractivity contribution in [2.75, 3.05) is 19.0 Å². The second kappa shape index (κ2) is 9.07. The van der Waals surface area contributed by atoms with Crippen molar-refractivity contribution in [3.05, 3.63) is 52.6 Å². The quantitative estimate of drug-likeness (QED) is 0.273. The number of rotatable bonds is 6. The molecule has 1 N–H and O–H groups in total. The number of alkyl halides is 6. The Kier molecular flexibility index (Phi) is 6.40. The number of hydrogen-bond acceptors (Lipinski definition) is 6. The summed E-state index contributed by atoms with van der Waals surface area (Å²) in [5, 5.41) is 5.00. The van der Waals surface area contributed by atoms with Crippen molar-refractivity contribution in [1.82, 2.24) is 29.3 Å². The van der Waals surface area contributed by atoms with Crippen LogP contribution in [0.5, 0.6) is 5.88 Å². The van der Waals surface area contributed by atoms with E-state index in [1.807, 2.05) is 0 Å². The Bertz CT molecular complexity index is 1410. The minimum absolute atomic E-state index is 0.0341. The summed E-state index contributed by atoms with van der Waals surface area (Å²) >= 11 is 5.77. The van der Waals surface area contributed by atoms with Gasteiger partial charge in [0.05, 0.1) is 19.9 Å². The van der Waals surface area contributed by atoms with Crippen molar-refractivity contribution in [3.63, 3.8) is 0 Å². The van der Waals surface area contributed by atoms with Crippen molar-refractivity contribution in [3.8, 4) is 11.6 Å². The van der Waals surface area contributed by atoms with E-state index in [0.29, 0.717) is 10.7 Å². The Labute approximate surface area is 200 Å². The fourth-order valence-corrected chi connectivity index (χ4v) is 3.39. The lowest BCUT2D eigenvalue weighted by Gasteiger charge is -2.14. The molecule has 0 amide bonds. The van der Waals surface area contributed by atoms with Crippen molar-refractivity contribution >= 4 is 28.7 Å². The zero-order chi connectivity index (χ0) is 26.4. The van der Waals surface area contributed by atoms with Gasteiger partial charge in [0.2, 0.25) is 17.1 Å². The first-order valence-electron chi connectivity index (χ1n) is 9.66. The summed E-state index contributed by atoms with van der Waals surface area (Å²) in [5.41, 5.74) is -2.51. The highest BCUT2D eigenvalue weighted by Crippen LogP contribution is 2.33. The predicted octanol–water partition coefficient (Wildman–Crippen LogP) is 4.99. The number of fused-ring (bicyclic) bond motifs is 1. The Morgan fingerprint density at radius 1 is 1.03 bits per heavy atom. The van der Waals surface area contributed by atoms with Gasteiger partial charge in [-0.3, -0.25) is 4.57 Å². The monoisotopic (exact) mass is 541 g/mol. The first-order chi connectivity index (χ1) is 16.8. The molecule has 0 unspecified atom stereocenters. The zero-order valence-corrected chi connectivity index (χ0v) is 18.5. The molecule has 0 aliphatic carbocycles. The van der Waals surface area contributed by atoms with Gasteiger partial charge in [-0.05, 0) is 29.3 Å². The second-order valence-electron chi connectivity index (χ2n) is 7.23. The molecule has 0 bridgehead atoms. The molecule has 3 heterocycles. The summed E-state index contributed by atoms with van der Waals surface area (Å²) in [6, 6.07) is 2.01. The van der Waals surface area contributed by atoms with E-state index in [4.69, 9.17) is 16.3 Å². The van der Waals surface area contributed by atoms with Gasteiger partial charge in [0.1, 0.15) is 17.7 Å². The standard InChI is InChI=1S/C19H12ClF8N7O/c1-36-13-4-12(19(26,27)28)33-35(13)14-9(21)2-8(3-10(14)22)6-34-15-11(5-29-16(20)32-15)31-17(34)30-7-18(23,24)25/h2-5H,6-7H2,1H3,(H,30,31). The molecule has 192 valence electrons. The van der Waals surface area contributed by atoms with E-state index in [0.717, 1.165) is 30.0 Å². The number of anilines is 1. The van der Waals surface area contributed by atoms with Gasteiger partial charge in [-0.15, -0.1) is 0 Å². The molecule has 0 saturated carbocycles. The number of benzene rings is 1. The second-order valence-corrected chi connectivity index (χ2v) is 7.57. The summed E-state index contributed by atoms with van der Waals surface area (Å²) in [7, 11) is 0.991. The van der Waals surface area contributed by atoms with Gasteiger partial charge in [0.25, 0.3) is 0 Å². The van der Waals surface area contributed by atoms with E-state index in [1.165, 1.54) is 0 Å². The van der Waals surface area contributed by atoms with Crippen LogP contribution in [0.2, 0.25) is 5.28 Å². The number of ether oxygens (including phenoxy) is 1. The van der Waals surface area contributed by atoms with Gasteiger partial charge in [0, 0.05) is 6.07 Å². The molecule has 1 aromatic carbocycles. The lowest BCUT2D eigenvalue weighted by atomic mass is 10.2. The summed E-state index contributed by atoms with van der Waals surface area (Å²) in [5.74, 6) is -3.56. The third-order valence-corrected chi connectivity index (χ3v) is 4.89. The van der Waals surface area contributed by atoms with Crippen LogP contribution in [-0.2, 0) is 12.7 Å². The summed E-state index contributed by atoms with van der Waals surface area (Å²) in [6.45, 7) is -1.91. The molecule has 0 saturated heterocycles. The molecule has 0 aliphatic heterocycles. The topological polar surface area (TPSA) is 82.7 Å². The number of nitrogens with one attached hydrogen (secondary N) is 1. The van der Waals surface area contributed by atoms with E-state index in [1.54, 1.807) is 0 Å². The van der Waals surface area contributed by atoms with E-state index in [9.17, 15) is 35.1 Å². The number of imidazole rings is 1. The van der Waals surface area contributed by atoms with Crippen LogP contribution in [-0.4, -0.2) is 49.1 Å². The fraction of sp³-hybridized carbons (Fsp3) is 0.263. The summed E-state index contributed by atoms with van der Waals surface area (Å²) in [6.07, 6.45) is -8.37. The molecular weight excluding hydrogens is 530 g/mol. The van der Waals surface area contributed by atoms with Gasteiger partial charge in [0.15, 0.2) is 23.0 Å².